The van der Waals surface area contributed by atoms with Crippen LogP contribution in [-0.4, -0.2) is 55.1 Å². The standard InChI is InChI=1S/C20H25N7O2/c1-13-5-6-16(8-21-13)20-18(25(4)24-23-20)12-27-19(28)7-17(9-22-27)26-10-14(2)29-15(3)11-26/h5-9,14-15H,10-12H2,1-4H3. The molecule has 29 heavy (non-hydrogen) atoms. The highest BCUT2D eigenvalue weighted by molar-refractivity contribution is 5.60. The quantitative estimate of drug-likeness (QED) is 0.659. The molecule has 0 N–H and O–H groups in total. The van der Waals surface area contributed by atoms with Gasteiger partial charge >= 0.3 is 0 Å². The van der Waals surface area contributed by atoms with Gasteiger partial charge in [-0.05, 0) is 32.9 Å². The van der Waals surface area contributed by atoms with Crippen molar-refractivity contribution in [3.63, 3.8) is 0 Å². The summed E-state index contributed by atoms with van der Waals surface area (Å²) in [5.74, 6) is 0. The van der Waals surface area contributed by atoms with E-state index in [9.17, 15) is 4.79 Å². The molecule has 4 heterocycles. The van der Waals surface area contributed by atoms with Crippen LogP contribution in [0.4, 0.5) is 5.69 Å². The second-order valence-corrected chi connectivity index (χ2v) is 7.57. The van der Waals surface area contributed by atoms with Crippen LogP contribution in [0.3, 0.4) is 0 Å². The minimum atomic E-state index is -0.163. The van der Waals surface area contributed by atoms with Crippen molar-refractivity contribution >= 4 is 5.69 Å². The van der Waals surface area contributed by atoms with E-state index in [0.29, 0.717) is 5.69 Å². The molecule has 0 bridgehead atoms. The largest absolute Gasteiger partial charge is 0.372 e. The molecule has 0 aromatic carbocycles. The highest BCUT2D eigenvalue weighted by atomic mass is 16.5. The zero-order valence-electron chi connectivity index (χ0n) is 17.1. The Bertz CT molecular complexity index is 1050. The zero-order valence-corrected chi connectivity index (χ0v) is 17.1. The summed E-state index contributed by atoms with van der Waals surface area (Å²) >= 11 is 0. The molecule has 9 heteroatoms. The van der Waals surface area contributed by atoms with Gasteiger partial charge in [-0.2, -0.15) is 5.10 Å². The number of anilines is 1. The SMILES string of the molecule is Cc1ccc(-c2nnn(C)c2Cn2ncc(N3CC(C)OC(C)C3)cc2=O)cn1. The molecular formula is C20H25N7O2. The Morgan fingerprint density at radius 3 is 2.59 bits per heavy atom. The van der Waals surface area contributed by atoms with Crippen LogP contribution >= 0.6 is 0 Å². The molecule has 0 amide bonds. The van der Waals surface area contributed by atoms with Crippen molar-refractivity contribution in [3.8, 4) is 11.3 Å². The number of ether oxygens (including phenoxy) is 1. The Morgan fingerprint density at radius 1 is 1.17 bits per heavy atom. The van der Waals surface area contributed by atoms with Crippen molar-refractivity contribution in [2.24, 2.45) is 7.05 Å². The third-order valence-electron chi connectivity index (χ3n) is 5.07. The lowest BCUT2D eigenvalue weighted by Crippen LogP contribution is -2.46. The number of hydrogen-bond donors (Lipinski definition) is 0. The van der Waals surface area contributed by atoms with Crippen LogP contribution in [0.15, 0.2) is 35.4 Å². The van der Waals surface area contributed by atoms with Gasteiger partial charge in [0.25, 0.3) is 5.56 Å². The Balaban J connectivity index is 1.60. The number of aryl methyl sites for hydroxylation is 2. The van der Waals surface area contributed by atoms with Gasteiger partial charge in [0.2, 0.25) is 0 Å². The first-order chi connectivity index (χ1) is 13.9. The monoisotopic (exact) mass is 395 g/mol. The topological polar surface area (TPSA) is 91.0 Å². The van der Waals surface area contributed by atoms with Crippen molar-refractivity contribution in [1.29, 1.82) is 0 Å². The first-order valence-corrected chi connectivity index (χ1v) is 9.70. The predicted octanol–water partition coefficient (Wildman–Crippen LogP) is 1.40. The molecule has 0 radical (unpaired) electrons. The molecule has 4 rings (SSSR count). The van der Waals surface area contributed by atoms with Gasteiger partial charge in [-0.25, -0.2) is 9.36 Å². The Morgan fingerprint density at radius 2 is 1.93 bits per heavy atom. The molecule has 0 saturated carbocycles. The molecule has 1 aliphatic rings. The fourth-order valence-electron chi connectivity index (χ4n) is 3.63. The Kier molecular flexibility index (Phi) is 5.14. The lowest BCUT2D eigenvalue weighted by molar-refractivity contribution is -0.00525. The predicted molar refractivity (Wildman–Crippen MR) is 109 cm³/mol. The molecule has 2 atom stereocenters. The molecule has 1 fully saturated rings. The third-order valence-corrected chi connectivity index (χ3v) is 5.07. The highest BCUT2D eigenvalue weighted by Crippen LogP contribution is 2.21. The molecule has 0 aliphatic carbocycles. The first-order valence-electron chi connectivity index (χ1n) is 9.70. The average Bonchev–Trinajstić information content (AvgIpc) is 3.04. The number of aromatic nitrogens is 6. The maximum atomic E-state index is 12.8. The molecule has 1 saturated heterocycles. The van der Waals surface area contributed by atoms with E-state index in [0.717, 1.165) is 35.7 Å². The maximum absolute atomic E-state index is 12.8. The summed E-state index contributed by atoms with van der Waals surface area (Å²) in [5.41, 5.74) is 3.95. The summed E-state index contributed by atoms with van der Waals surface area (Å²) in [6.45, 7) is 7.77. The number of morpholine rings is 1. The molecule has 2 unspecified atom stereocenters. The molecule has 3 aromatic heterocycles. The molecule has 1 aliphatic heterocycles. The zero-order chi connectivity index (χ0) is 20.5. The second kappa shape index (κ2) is 7.75. The number of nitrogens with zero attached hydrogens (tertiary/aromatic N) is 7. The van der Waals surface area contributed by atoms with Crippen LogP contribution in [0.2, 0.25) is 0 Å². The van der Waals surface area contributed by atoms with E-state index in [1.807, 2.05) is 40.0 Å². The number of rotatable bonds is 4. The normalized spacial score (nSPS) is 19.5. The van der Waals surface area contributed by atoms with Crippen molar-refractivity contribution in [2.45, 2.75) is 39.5 Å². The van der Waals surface area contributed by atoms with E-state index in [1.54, 1.807) is 23.1 Å². The molecule has 152 valence electrons. The van der Waals surface area contributed by atoms with Crippen LogP contribution in [0.1, 0.15) is 25.2 Å². The van der Waals surface area contributed by atoms with Gasteiger partial charge in [-0.1, -0.05) is 5.21 Å². The van der Waals surface area contributed by atoms with Gasteiger partial charge in [-0.3, -0.25) is 9.78 Å². The summed E-state index contributed by atoms with van der Waals surface area (Å²) in [6.07, 6.45) is 3.74. The number of pyridine rings is 1. The van der Waals surface area contributed by atoms with Gasteiger partial charge in [0.05, 0.1) is 36.3 Å². The lowest BCUT2D eigenvalue weighted by atomic mass is 10.1. The molecular weight excluding hydrogens is 370 g/mol. The third kappa shape index (κ3) is 4.04. The van der Waals surface area contributed by atoms with Crippen molar-refractivity contribution in [3.05, 3.63) is 52.3 Å². The van der Waals surface area contributed by atoms with Crippen LogP contribution in [0.25, 0.3) is 11.3 Å². The van der Waals surface area contributed by atoms with Gasteiger partial charge in [0, 0.05) is 43.7 Å². The van der Waals surface area contributed by atoms with Gasteiger partial charge in [-0.15, -0.1) is 5.10 Å². The van der Waals surface area contributed by atoms with Crippen molar-refractivity contribution in [1.82, 2.24) is 29.8 Å². The van der Waals surface area contributed by atoms with Crippen molar-refractivity contribution in [2.75, 3.05) is 18.0 Å². The fourth-order valence-corrected chi connectivity index (χ4v) is 3.63. The van der Waals surface area contributed by atoms with E-state index >= 15 is 0 Å². The van der Waals surface area contributed by atoms with E-state index in [4.69, 9.17) is 4.74 Å². The van der Waals surface area contributed by atoms with E-state index < -0.39 is 0 Å². The van der Waals surface area contributed by atoms with Crippen LogP contribution in [0, 0.1) is 6.92 Å². The Hall–Kier alpha value is -3.07. The second-order valence-electron chi connectivity index (χ2n) is 7.57. The summed E-state index contributed by atoms with van der Waals surface area (Å²) in [7, 11) is 1.81. The summed E-state index contributed by atoms with van der Waals surface area (Å²) < 4.78 is 8.87. The first kappa shape index (κ1) is 19.3. The van der Waals surface area contributed by atoms with Crippen LogP contribution in [0.5, 0.6) is 0 Å². The Labute approximate surface area is 168 Å². The highest BCUT2D eigenvalue weighted by Gasteiger charge is 2.23. The fraction of sp³-hybridized carbons (Fsp3) is 0.450. The van der Waals surface area contributed by atoms with E-state index in [2.05, 4.69) is 25.3 Å². The van der Waals surface area contributed by atoms with E-state index in [1.165, 1.54) is 4.68 Å². The molecule has 3 aromatic rings. The van der Waals surface area contributed by atoms with Crippen molar-refractivity contribution < 1.29 is 4.74 Å². The molecule has 0 spiro atoms. The van der Waals surface area contributed by atoms with Gasteiger partial charge < -0.3 is 9.64 Å². The lowest BCUT2D eigenvalue weighted by Gasteiger charge is -2.36. The van der Waals surface area contributed by atoms with E-state index in [-0.39, 0.29) is 24.3 Å². The number of hydrogen-bond acceptors (Lipinski definition) is 7. The maximum Gasteiger partial charge on any atom is 0.269 e. The minimum Gasteiger partial charge on any atom is -0.372 e. The summed E-state index contributed by atoms with van der Waals surface area (Å²) in [4.78, 5) is 19.2. The van der Waals surface area contributed by atoms with Crippen LogP contribution < -0.4 is 10.5 Å². The minimum absolute atomic E-state index is 0.118. The van der Waals surface area contributed by atoms with Gasteiger partial charge in [0.1, 0.15) is 5.69 Å². The molecule has 9 nitrogen and oxygen atoms in total. The average molecular weight is 395 g/mol. The summed E-state index contributed by atoms with van der Waals surface area (Å²) in [5, 5.41) is 12.8. The smallest absolute Gasteiger partial charge is 0.269 e. The summed E-state index contributed by atoms with van der Waals surface area (Å²) in [6, 6.07) is 5.52. The van der Waals surface area contributed by atoms with Crippen LogP contribution in [-0.2, 0) is 18.3 Å². The van der Waals surface area contributed by atoms with Gasteiger partial charge in [0.15, 0.2) is 0 Å².